The van der Waals surface area contributed by atoms with Gasteiger partial charge in [-0.2, -0.15) is 5.10 Å². The molecule has 3 unspecified atom stereocenters. The number of aromatic nitrogens is 2. The molecule has 2 N–H and O–H groups in total. The molecule has 2 aliphatic rings. The molecular weight excluding hydrogens is 212 g/mol. The van der Waals surface area contributed by atoms with Crippen LogP contribution in [-0.4, -0.2) is 22.5 Å². The van der Waals surface area contributed by atoms with E-state index in [0.717, 1.165) is 18.7 Å². The van der Waals surface area contributed by atoms with Crippen molar-refractivity contribution in [1.82, 2.24) is 20.4 Å². The molecule has 0 saturated carbocycles. The number of hydrogen-bond donors (Lipinski definition) is 2. The van der Waals surface area contributed by atoms with Crippen LogP contribution in [-0.2, 0) is 6.54 Å². The van der Waals surface area contributed by atoms with E-state index in [2.05, 4.69) is 27.3 Å². The van der Waals surface area contributed by atoms with Gasteiger partial charge in [0.1, 0.15) is 5.50 Å². The molecule has 5 heteroatoms. The van der Waals surface area contributed by atoms with Gasteiger partial charge in [0.05, 0.1) is 18.1 Å². The molecule has 15 heavy (non-hydrogen) atoms. The Morgan fingerprint density at radius 2 is 2.53 bits per heavy atom. The van der Waals surface area contributed by atoms with Gasteiger partial charge in [0.25, 0.3) is 0 Å². The molecular formula is C10H15ClN4. The van der Waals surface area contributed by atoms with Crippen molar-refractivity contribution in [2.24, 2.45) is 0 Å². The second-order valence-corrected chi connectivity index (χ2v) is 4.59. The van der Waals surface area contributed by atoms with Crippen LogP contribution >= 0.6 is 11.6 Å². The van der Waals surface area contributed by atoms with Crippen LogP contribution in [0.2, 0.25) is 0 Å². The predicted molar refractivity (Wildman–Crippen MR) is 58.8 cm³/mol. The summed E-state index contributed by atoms with van der Waals surface area (Å²) in [6, 6.07) is 0. The number of fused-ring (bicyclic) bond motifs is 3. The van der Waals surface area contributed by atoms with Crippen LogP contribution in [0.5, 0.6) is 0 Å². The molecule has 1 fully saturated rings. The third-order valence-corrected chi connectivity index (χ3v) is 3.74. The zero-order valence-corrected chi connectivity index (χ0v) is 9.46. The van der Waals surface area contributed by atoms with Gasteiger partial charge in [0.2, 0.25) is 0 Å². The molecule has 1 aromatic rings. The topological polar surface area (TPSA) is 41.9 Å². The fourth-order valence-corrected chi connectivity index (χ4v) is 2.99. The van der Waals surface area contributed by atoms with Gasteiger partial charge in [0, 0.05) is 18.0 Å². The molecule has 0 radical (unpaired) electrons. The fraction of sp³-hybridized carbons (Fsp3) is 0.700. The summed E-state index contributed by atoms with van der Waals surface area (Å²) in [7, 11) is 0. The minimum Gasteiger partial charge on any atom is -0.301 e. The van der Waals surface area contributed by atoms with E-state index in [1.165, 1.54) is 12.1 Å². The minimum absolute atomic E-state index is 0.104. The quantitative estimate of drug-likeness (QED) is 0.558. The van der Waals surface area contributed by atoms with E-state index < -0.39 is 0 Å². The lowest BCUT2D eigenvalue weighted by Gasteiger charge is -2.31. The van der Waals surface area contributed by atoms with Gasteiger partial charge in [0.15, 0.2) is 0 Å². The standard InChI is InChI=1S/C10H15ClN4/c1-2-15-8-6-3-4-12-10(6)14-9(11)7(8)5-13-15/h5-6,9-10,12,14H,2-4H2,1H3. The molecule has 82 valence electrons. The van der Waals surface area contributed by atoms with Crippen molar-refractivity contribution in [2.75, 3.05) is 6.54 Å². The van der Waals surface area contributed by atoms with E-state index in [9.17, 15) is 0 Å². The Morgan fingerprint density at radius 1 is 1.67 bits per heavy atom. The van der Waals surface area contributed by atoms with Crippen molar-refractivity contribution < 1.29 is 0 Å². The molecule has 2 aliphatic heterocycles. The number of aryl methyl sites for hydroxylation is 1. The average Bonchev–Trinajstić information content (AvgIpc) is 2.81. The first-order valence-corrected chi connectivity index (χ1v) is 5.94. The highest BCUT2D eigenvalue weighted by Gasteiger charge is 2.39. The lowest BCUT2D eigenvalue weighted by molar-refractivity contribution is 0.388. The van der Waals surface area contributed by atoms with Gasteiger partial charge in [-0.25, -0.2) is 0 Å². The summed E-state index contributed by atoms with van der Waals surface area (Å²) in [6.45, 7) is 4.10. The van der Waals surface area contributed by atoms with Crippen LogP contribution in [0.4, 0.5) is 0 Å². The SMILES string of the molecule is CCn1ncc2c1C1CCNC1NC2Cl. The van der Waals surface area contributed by atoms with E-state index in [1.807, 2.05) is 6.20 Å². The van der Waals surface area contributed by atoms with Crippen molar-refractivity contribution in [3.63, 3.8) is 0 Å². The zero-order valence-electron chi connectivity index (χ0n) is 8.70. The number of alkyl halides is 1. The summed E-state index contributed by atoms with van der Waals surface area (Å²) in [5, 5.41) is 11.2. The van der Waals surface area contributed by atoms with Gasteiger partial charge in [-0.15, -0.1) is 11.6 Å². The van der Waals surface area contributed by atoms with Crippen molar-refractivity contribution in [3.8, 4) is 0 Å². The first kappa shape index (κ1) is 9.63. The molecule has 0 bridgehead atoms. The van der Waals surface area contributed by atoms with Crippen LogP contribution in [0, 0.1) is 0 Å². The number of nitrogens with zero attached hydrogens (tertiary/aromatic N) is 2. The zero-order chi connectivity index (χ0) is 10.4. The highest BCUT2D eigenvalue weighted by atomic mass is 35.5. The van der Waals surface area contributed by atoms with Gasteiger partial charge < -0.3 is 5.32 Å². The van der Waals surface area contributed by atoms with Gasteiger partial charge in [-0.1, -0.05) is 0 Å². The highest BCUT2D eigenvalue weighted by Crippen LogP contribution is 2.38. The van der Waals surface area contributed by atoms with Crippen molar-refractivity contribution in [1.29, 1.82) is 0 Å². The highest BCUT2D eigenvalue weighted by molar-refractivity contribution is 6.20. The Labute approximate surface area is 94.0 Å². The van der Waals surface area contributed by atoms with Gasteiger partial charge in [-0.05, 0) is 19.9 Å². The normalized spacial score (nSPS) is 33.9. The molecule has 3 rings (SSSR count). The molecule has 0 aromatic carbocycles. The molecule has 0 spiro atoms. The maximum atomic E-state index is 6.28. The molecule has 1 saturated heterocycles. The maximum Gasteiger partial charge on any atom is 0.113 e. The average molecular weight is 227 g/mol. The Kier molecular flexibility index (Phi) is 2.23. The summed E-state index contributed by atoms with van der Waals surface area (Å²) in [4.78, 5) is 0. The third kappa shape index (κ3) is 1.32. The second-order valence-electron chi connectivity index (χ2n) is 4.16. The summed E-state index contributed by atoms with van der Waals surface area (Å²) < 4.78 is 2.08. The summed E-state index contributed by atoms with van der Waals surface area (Å²) in [5.74, 6) is 0.525. The molecule has 3 heterocycles. The van der Waals surface area contributed by atoms with Crippen molar-refractivity contribution >= 4 is 11.6 Å². The fourth-order valence-electron chi connectivity index (χ4n) is 2.68. The Hall–Kier alpha value is -0.580. The van der Waals surface area contributed by atoms with Gasteiger partial charge >= 0.3 is 0 Å². The Bertz CT molecular complexity index is 375. The monoisotopic (exact) mass is 226 g/mol. The van der Waals surface area contributed by atoms with E-state index in [-0.39, 0.29) is 5.50 Å². The lowest BCUT2D eigenvalue weighted by atomic mass is 9.94. The smallest absolute Gasteiger partial charge is 0.113 e. The predicted octanol–water partition coefficient (Wildman–Crippen LogP) is 1.15. The molecule has 4 nitrogen and oxygen atoms in total. The summed E-state index contributed by atoms with van der Waals surface area (Å²) in [5.41, 5.74) is 2.38. The first-order valence-electron chi connectivity index (χ1n) is 5.50. The number of rotatable bonds is 1. The van der Waals surface area contributed by atoms with Crippen LogP contribution in [0.15, 0.2) is 6.20 Å². The lowest BCUT2D eigenvalue weighted by Crippen LogP contribution is -2.45. The molecule has 1 aromatic heterocycles. The van der Waals surface area contributed by atoms with E-state index in [4.69, 9.17) is 11.6 Å². The van der Waals surface area contributed by atoms with Gasteiger partial charge in [-0.3, -0.25) is 10.00 Å². The molecule has 0 aliphatic carbocycles. The van der Waals surface area contributed by atoms with Crippen LogP contribution in [0.1, 0.15) is 36.0 Å². The summed E-state index contributed by atoms with van der Waals surface area (Å²) >= 11 is 6.28. The van der Waals surface area contributed by atoms with E-state index in [0.29, 0.717) is 12.1 Å². The van der Waals surface area contributed by atoms with Crippen molar-refractivity contribution in [2.45, 2.75) is 37.5 Å². The Morgan fingerprint density at radius 3 is 3.33 bits per heavy atom. The van der Waals surface area contributed by atoms with Crippen molar-refractivity contribution in [3.05, 3.63) is 17.5 Å². The molecule has 0 amide bonds. The van der Waals surface area contributed by atoms with E-state index >= 15 is 0 Å². The second kappa shape index (κ2) is 3.47. The maximum absolute atomic E-state index is 6.28. The minimum atomic E-state index is -0.104. The van der Waals surface area contributed by atoms with Crippen LogP contribution < -0.4 is 10.6 Å². The third-order valence-electron chi connectivity index (χ3n) is 3.38. The first-order chi connectivity index (χ1) is 7.31. The number of halogens is 1. The number of hydrogen-bond acceptors (Lipinski definition) is 3. The molecule has 3 atom stereocenters. The Balaban J connectivity index is 2.09. The van der Waals surface area contributed by atoms with Crippen LogP contribution in [0.25, 0.3) is 0 Å². The van der Waals surface area contributed by atoms with E-state index in [1.54, 1.807) is 0 Å². The van der Waals surface area contributed by atoms with Crippen LogP contribution in [0.3, 0.4) is 0 Å². The largest absolute Gasteiger partial charge is 0.301 e. The summed E-state index contributed by atoms with van der Waals surface area (Å²) in [6.07, 6.45) is 3.39. The number of nitrogens with one attached hydrogen (secondary N) is 2.